The third kappa shape index (κ3) is 8.43. The second-order valence-electron chi connectivity index (χ2n) is 11.6. The molecule has 3 aromatic rings. The SMILES string of the molecule is CC(=O)N1CCN(C(=O)c2cc(C)cc(CSc3cnc(NC(=O)c4ccc(CNC(C)C(C)(C)C)[nH]4)s3)c2)CC1. The second-order valence-corrected chi connectivity index (χ2v) is 13.9. The minimum Gasteiger partial charge on any atom is -0.353 e. The van der Waals surface area contributed by atoms with Gasteiger partial charge in [0.05, 0.1) is 10.4 Å². The van der Waals surface area contributed by atoms with Crippen LogP contribution in [0.1, 0.15) is 72.3 Å². The third-order valence-electron chi connectivity index (χ3n) is 7.37. The van der Waals surface area contributed by atoms with Crippen LogP contribution in [0.15, 0.2) is 40.7 Å². The number of nitrogens with one attached hydrogen (secondary N) is 3. The van der Waals surface area contributed by atoms with Crippen LogP contribution in [0, 0.1) is 12.3 Å². The molecule has 3 amide bonds. The van der Waals surface area contributed by atoms with Crippen LogP contribution in [0.2, 0.25) is 0 Å². The average molecular weight is 597 g/mol. The van der Waals surface area contributed by atoms with Crippen molar-refractivity contribution in [1.82, 2.24) is 25.1 Å². The van der Waals surface area contributed by atoms with Crippen LogP contribution >= 0.6 is 23.1 Å². The molecule has 1 atom stereocenters. The van der Waals surface area contributed by atoms with E-state index in [1.165, 1.54) is 11.3 Å². The fraction of sp³-hybridized carbons (Fsp3) is 0.467. The van der Waals surface area contributed by atoms with Crippen LogP contribution in [-0.2, 0) is 17.1 Å². The molecule has 3 heterocycles. The van der Waals surface area contributed by atoms with Gasteiger partial charge in [-0.05, 0) is 49.1 Å². The van der Waals surface area contributed by atoms with Crippen molar-refractivity contribution < 1.29 is 14.4 Å². The van der Waals surface area contributed by atoms with E-state index in [4.69, 9.17) is 0 Å². The van der Waals surface area contributed by atoms with Gasteiger partial charge in [-0.25, -0.2) is 4.98 Å². The number of rotatable bonds is 9. The van der Waals surface area contributed by atoms with Crippen LogP contribution < -0.4 is 10.6 Å². The first-order chi connectivity index (χ1) is 19.4. The zero-order chi connectivity index (χ0) is 29.7. The number of thioether (sulfide) groups is 1. The summed E-state index contributed by atoms with van der Waals surface area (Å²) in [6.45, 7) is 15.2. The molecule has 0 saturated carbocycles. The summed E-state index contributed by atoms with van der Waals surface area (Å²) in [5.74, 6) is 0.496. The normalized spacial score (nSPS) is 14.7. The maximum Gasteiger partial charge on any atom is 0.273 e. The zero-order valence-corrected chi connectivity index (χ0v) is 26.3. The predicted octanol–water partition coefficient (Wildman–Crippen LogP) is 5.15. The highest BCUT2D eigenvalue weighted by atomic mass is 32.2. The smallest absolute Gasteiger partial charge is 0.273 e. The van der Waals surface area contributed by atoms with E-state index in [9.17, 15) is 14.4 Å². The molecule has 0 aliphatic carbocycles. The number of aromatic amines is 1. The van der Waals surface area contributed by atoms with Gasteiger partial charge in [-0.2, -0.15) is 0 Å². The van der Waals surface area contributed by atoms with Gasteiger partial charge in [0.1, 0.15) is 5.69 Å². The summed E-state index contributed by atoms with van der Waals surface area (Å²) in [6, 6.07) is 9.99. The molecule has 1 aliphatic rings. The number of H-pyrrole nitrogens is 1. The fourth-order valence-corrected chi connectivity index (χ4v) is 6.22. The highest BCUT2D eigenvalue weighted by Crippen LogP contribution is 2.31. The molecule has 0 spiro atoms. The molecule has 9 nitrogen and oxygen atoms in total. The van der Waals surface area contributed by atoms with E-state index < -0.39 is 0 Å². The summed E-state index contributed by atoms with van der Waals surface area (Å²) < 4.78 is 0.975. The van der Waals surface area contributed by atoms with Gasteiger partial charge in [0.25, 0.3) is 11.8 Å². The van der Waals surface area contributed by atoms with Crippen LogP contribution in [-0.4, -0.2) is 69.7 Å². The van der Waals surface area contributed by atoms with Crippen molar-refractivity contribution >= 4 is 46.0 Å². The Bertz CT molecular complexity index is 1380. The number of hydrogen-bond acceptors (Lipinski definition) is 7. The van der Waals surface area contributed by atoms with Crippen molar-refractivity contribution in [2.45, 2.75) is 64.1 Å². The number of nitrogens with zero attached hydrogens (tertiary/aromatic N) is 3. The standard InChI is InChI=1S/C30H40N6O3S2/c1-19-13-22(15-23(14-19)28(39)36-11-9-35(10-12-36)21(3)37)18-40-26-17-32-29(41-26)34-27(38)25-8-7-24(33-25)16-31-20(2)30(4,5)6/h7-8,13-15,17,20,31,33H,9-12,16,18H2,1-6H3,(H,32,34,38). The lowest BCUT2D eigenvalue weighted by atomic mass is 9.88. The van der Waals surface area contributed by atoms with Crippen molar-refractivity contribution in [3.05, 3.63) is 64.6 Å². The number of carbonyl (C=O) groups is 3. The molecule has 1 fully saturated rings. The van der Waals surface area contributed by atoms with E-state index in [0.717, 1.165) is 21.0 Å². The van der Waals surface area contributed by atoms with Gasteiger partial charge in [0, 0.05) is 62.7 Å². The molecule has 0 bridgehead atoms. The lowest BCUT2D eigenvalue weighted by Gasteiger charge is -2.34. The summed E-state index contributed by atoms with van der Waals surface area (Å²) in [7, 11) is 0. The quantitative estimate of drug-likeness (QED) is 0.295. The van der Waals surface area contributed by atoms with Gasteiger partial charge >= 0.3 is 0 Å². The number of thiazole rings is 1. The summed E-state index contributed by atoms with van der Waals surface area (Å²) >= 11 is 3.05. The summed E-state index contributed by atoms with van der Waals surface area (Å²) in [5, 5.41) is 6.92. The van der Waals surface area contributed by atoms with E-state index in [1.807, 2.05) is 30.0 Å². The van der Waals surface area contributed by atoms with Crippen molar-refractivity contribution in [3.63, 3.8) is 0 Å². The molecule has 4 rings (SSSR count). The molecule has 220 valence electrons. The van der Waals surface area contributed by atoms with Crippen molar-refractivity contribution in [1.29, 1.82) is 0 Å². The molecule has 1 saturated heterocycles. The van der Waals surface area contributed by atoms with E-state index >= 15 is 0 Å². The molecular formula is C30H40N6O3S2. The van der Waals surface area contributed by atoms with E-state index in [-0.39, 0.29) is 23.1 Å². The fourth-order valence-electron chi connectivity index (χ4n) is 4.42. The number of anilines is 1. The Morgan fingerprint density at radius 1 is 1.10 bits per heavy atom. The minimum absolute atomic E-state index is 0.00193. The van der Waals surface area contributed by atoms with Crippen molar-refractivity contribution in [3.8, 4) is 0 Å². The first-order valence-electron chi connectivity index (χ1n) is 13.9. The van der Waals surface area contributed by atoms with E-state index in [2.05, 4.69) is 54.4 Å². The highest BCUT2D eigenvalue weighted by molar-refractivity contribution is 8.00. The van der Waals surface area contributed by atoms with Gasteiger partial charge in [-0.15, -0.1) is 11.8 Å². The number of aryl methyl sites for hydroxylation is 1. The summed E-state index contributed by atoms with van der Waals surface area (Å²) in [4.78, 5) is 48.7. The maximum absolute atomic E-state index is 13.1. The van der Waals surface area contributed by atoms with Gasteiger partial charge in [-0.3, -0.25) is 19.7 Å². The Hall–Kier alpha value is -3.15. The Labute approximate surface area is 250 Å². The van der Waals surface area contributed by atoms with E-state index in [1.54, 1.807) is 35.8 Å². The largest absolute Gasteiger partial charge is 0.353 e. The summed E-state index contributed by atoms with van der Waals surface area (Å²) in [6.07, 6.45) is 1.76. The number of piperazine rings is 1. The number of benzene rings is 1. The van der Waals surface area contributed by atoms with Gasteiger partial charge in [0.15, 0.2) is 5.13 Å². The molecule has 0 radical (unpaired) electrons. The Morgan fingerprint density at radius 3 is 2.49 bits per heavy atom. The van der Waals surface area contributed by atoms with Gasteiger partial charge in [0.2, 0.25) is 5.91 Å². The Morgan fingerprint density at radius 2 is 1.80 bits per heavy atom. The van der Waals surface area contributed by atoms with Crippen LogP contribution in [0.5, 0.6) is 0 Å². The van der Waals surface area contributed by atoms with Crippen LogP contribution in [0.25, 0.3) is 0 Å². The number of aromatic nitrogens is 2. The average Bonchev–Trinajstić information content (AvgIpc) is 3.59. The molecule has 3 N–H and O–H groups in total. The monoisotopic (exact) mass is 596 g/mol. The second kappa shape index (κ2) is 13.2. The van der Waals surface area contributed by atoms with E-state index in [0.29, 0.717) is 60.9 Å². The van der Waals surface area contributed by atoms with Crippen LogP contribution in [0.4, 0.5) is 5.13 Å². The number of carbonyl (C=O) groups excluding carboxylic acids is 3. The van der Waals surface area contributed by atoms with Crippen molar-refractivity contribution in [2.24, 2.45) is 5.41 Å². The Balaban J connectivity index is 1.29. The maximum atomic E-state index is 13.1. The first kappa shape index (κ1) is 30.8. The molecule has 1 aromatic carbocycles. The first-order valence-corrected chi connectivity index (χ1v) is 15.7. The minimum atomic E-state index is -0.225. The zero-order valence-electron chi connectivity index (χ0n) is 24.7. The summed E-state index contributed by atoms with van der Waals surface area (Å²) in [5.41, 5.74) is 4.35. The Kier molecular flexibility index (Phi) is 9.93. The van der Waals surface area contributed by atoms with Crippen molar-refractivity contribution in [2.75, 3.05) is 31.5 Å². The predicted molar refractivity (Wildman–Crippen MR) is 166 cm³/mol. The lowest BCUT2D eigenvalue weighted by molar-refractivity contribution is -0.130. The molecule has 11 heteroatoms. The van der Waals surface area contributed by atoms with Gasteiger partial charge in [-0.1, -0.05) is 43.7 Å². The molecule has 1 aliphatic heterocycles. The molecular weight excluding hydrogens is 557 g/mol. The molecule has 41 heavy (non-hydrogen) atoms. The topological polar surface area (TPSA) is 110 Å². The van der Waals surface area contributed by atoms with Crippen LogP contribution in [0.3, 0.4) is 0 Å². The molecule has 2 aromatic heterocycles. The number of amides is 3. The van der Waals surface area contributed by atoms with Gasteiger partial charge < -0.3 is 20.1 Å². The molecule has 1 unspecified atom stereocenters. The lowest BCUT2D eigenvalue weighted by Crippen LogP contribution is -2.50. The highest BCUT2D eigenvalue weighted by Gasteiger charge is 2.24. The number of hydrogen-bond donors (Lipinski definition) is 3. The third-order valence-corrected chi connectivity index (χ3v) is 9.55.